The van der Waals surface area contributed by atoms with E-state index in [1.807, 2.05) is 6.07 Å². The highest BCUT2D eigenvalue weighted by Crippen LogP contribution is 2.27. The van der Waals surface area contributed by atoms with Gasteiger partial charge in [0.15, 0.2) is 5.17 Å². The van der Waals surface area contributed by atoms with Gasteiger partial charge in [0, 0.05) is 30.0 Å². The molecule has 0 saturated carbocycles. The van der Waals surface area contributed by atoms with Gasteiger partial charge in [-0.1, -0.05) is 41.0 Å². The van der Waals surface area contributed by atoms with Crippen LogP contribution >= 0.6 is 35.0 Å². The molecule has 1 amide bonds. The first-order valence-electron chi connectivity index (χ1n) is 7.63. The molecule has 0 N–H and O–H groups in total. The molecule has 6 nitrogen and oxygen atoms in total. The third kappa shape index (κ3) is 4.17. The third-order valence-corrected chi connectivity index (χ3v) is 5.55. The number of hydrogen-bond donors (Lipinski definition) is 0. The van der Waals surface area contributed by atoms with Crippen LogP contribution in [0.5, 0.6) is 0 Å². The van der Waals surface area contributed by atoms with Gasteiger partial charge in [-0.15, -0.1) is 0 Å². The van der Waals surface area contributed by atoms with Gasteiger partial charge in [-0.2, -0.15) is 0 Å². The summed E-state index contributed by atoms with van der Waals surface area (Å²) in [6, 6.07) is 11.0. The number of carbonyl (C=O) groups is 1. The van der Waals surface area contributed by atoms with E-state index in [9.17, 15) is 14.9 Å². The fraction of sp³-hybridized carbons (Fsp3) is 0.176. The van der Waals surface area contributed by atoms with E-state index in [4.69, 9.17) is 23.2 Å². The van der Waals surface area contributed by atoms with E-state index in [2.05, 4.69) is 4.99 Å². The molecule has 0 atom stereocenters. The molecule has 2 aromatic carbocycles. The number of nitrogens with zero attached hydrogens (tertiary/aromatic N) is 3. The molecule has 134 valence electrons. The standard InChI is InChI=1S/C17H13Cl2N3O3S/c18-14-6-1-11(9-15(14)19)10-26-17-20-7-8-21(17)16(23)12-2-4-13(5-3-12)22(24)25/h1-6,9H,7-8,10H2. The molecule has 1 heterocycles. The Bertz CT molecular complexity index is 887. The third-order valence-electron chi connectivity index (χ3n) is 3.72. The largest absolute Gasteiger partial charge is 0.286 e. The van der Waals surface area contributed by atoms with Gasteiger partial charge in [-0.25, -0.2) is 0 Å². The normalized spacial score (nSPS) is 13.6. The Balaban J connectivity index is 1.68. The number of non-ortho nitro benzene ring substituents is 1. The van der Waals surface area contributed by atoms with Crippen molar-refractivity contribution in [2.24, 2.45) is 4.99 Å². The summed E-state index contributed by atoms with van der Waals surface area (Å²) < 4.78 is 0. The van der Waals surface area contributed by atoms with Gasteiger partial charge >= 0.3 is 0 Å². The molecule has 9 heteroatoms. The summed E-state index contributed by atoms with van der Waals surface area (Å²) in [6.45, 7) is 1.02. The van der Waals surface area contributed by atoms with Crippen LogP contribution in [0.2, 0.25) is 10.0 Å². The zero-order valence-corrected chi connectivity index (χ0v) is 15.7. The average Bonchev–Trinajstić information content (AvgIpc) is 3.10. The highest BCUT2D eigenvalue weighted by molar-refractivity contribution is 8.13. The van der Waals surface area contributed by atoms with Crippen molar-refractivity contribution in [1.29, 1.82) is 0 Å². The summed E-state index contributed by atoms with van der Waals surface area (Å²) in [5, 5.41) is 12.3. The topological polar surface area (TPSA) is 75.8 Å². The predicted octanol–water partition coefficient (Wildman–Crippen LogP) is 4.65. The lowest BCUT2D eigenvalue weighted by atomic mass is 10.2. The molecule has 0 bridgehead atoms. The maximum absolute atomic E-state index is 12.7. The Morgan fingerprint density at radius 3 is 2.58 bits per heavy atom. The number of thioether (sulfide) groups is 1. The van der Waals surface area contributed by atoms with Gasteiger partial charge in [0.25, 0.3) is 11.6 Å². The van der Waals surface area contributed by atoms with Crippen LogP contribution < -0.4 is 0 Å². The van der Waals surface area contributed by atoms with E-state index in [0.717, 1.165) is 5.56 Å². The number of carbonyl (C=O) groups excluding carboxylic acids is 1. The van der Waals surface area contributed by atoms with Gasteiger partial charge in [0.05, 0.1) is 21.5 Å². The van der Waals surface area contributed by atoms with Crippen LogP contribution in [0.4, 0.5) is 5.69 Å². The monoisotopic (exact) mass is 409 g/mol. The number of halogens is 2. The van der Waals surface area contributed by atoms with E-state index in [0.29, 0.717) is 39.6 Å². The number of amidine groups is 1. The van der Waals surface area contributed by atoms with E-state index in [1.54, 1.807) is 17.0 Å². The van der Waals surface area contributed by atoms with E-state index in [-0.39, 0.29) is 11.6 Å². The number of hydrogen-bond acceptors (Lipinski definition) is 5. The smallest absolute Gasteiger partial charge is 0.269 e. The van der Waals surface area contributed by atoms with Crippen LogP contribution in [0.1, 0.15) is 15.9 Å². The van der Waals surface area contributed by atoms with Crippen molar-refractivity contribution in [3.63, 3.8) is 0 Å². The van der Waals surface area contributed by atoms with Crippen LogP contribution in [0.15, 0.2) is 47.5 Å². The van der Waals surface area contributed by atoms with E-state index in [1.165, 1.54) is 36.0 Å². The Kier molecular flexibility index (Phi) is 5.80. The zero-order valence-electron chi connectivity index (χ0n) is 13.4. The summed E-state index contributed by atoms with van der Waals surface area (Å²) in [6.07, 6.45) is 0. The minimum Gasteiger partial charge on any atom is -0.286 e. The Morgan fingerprint density at radius 2 is 1.92 bits per heavy atom. The van der Waals surface area contributed by atoms with E-state index >= 15 is 0 Å². The summed E-state index contributed by atoms with van der Waals surface area (Å²) >= 11 is 13.4. The number of nitro benzene ring substituents is 1. The SMILES string of the molecule is O=C(c1ccc([N+](=O)[O-])cc1)N1CCN=C1SCc1ccc(Cl)c(Cl)c1. The van der Waals surface area contributed by atoms with Crippen LogP contribution in [0.25, 0.3) is 0 Å². The molecule has 0 aromatic heterocycles. The summed E-state index contributed by atoms with van der Waals surface area (Å²) in [5.41, 5.74) is 1.31. The van der Waals surface area contributed by atoms with Crippen molar-refractivity contribution >= 4 is 51.7 Å². The number of benzene rings is 2. The van der Waals surface area contributed by atoms with Crippen LogP contribution in [0, 0.1) is 10.1 Å². The highest BCUT2D eigenvalue weighted by atomic mass is 35.5. The van der Waals surface area contributed by atoms with Crippen molar-refractivity contribution in [2.45, 2.75) is 5.75 Å². The first-order valence-corrected chi connectivity index (χ1v) is 9.37. The molecule has 0 saturated heterocycles. The Hall–Kier alpha value is -2.09. The lowest BCUT2D eigenvalue weighted by Crippen LogP contribution is -2.32. The Morgan fingerprint density at radius 1 is 1.19 bits per heavy atom. The van der Waals surface area contributed by atoms with Gasteiger partial charge in [-0.3, -0.25) is 24.8 Å². The van der Waals surface area contributed by atoms with Gasteiger partial charge < -0.3 is 0 Å². The maximum atomic E-state index is 12.7. The van der Waals surface area contributed by atoms with Gasteiger partial charge in [-0.05, 0) is 29.8 Å². The molecular formula is C17H13Cl2N3O3S. The second kappa shape index (κ2) is 8.07. The summed E-state index contributed by atoms with van der Waals surface area (Å²) in [7, 11) is 0. The maximum Gasteiger partial charge on any atom is 0.269 e. The number of amides is 1. The van der Waals surface area contributed by atoms with Crippen molar-refractivity contribution in [1.82, 2.24) is 4.90 Å². The van der Waals surface area contributed by atoms with Crippen LogP contribution in [-0.4, -0.2) is 34.0 Å². The van der Waals surface area contributed by atoms with E-state index < -0.39 is 4.92 Å². The molecule has 0 unspecified atom stereocenters. The number of aliphatic imine (C=N–C) groups is 1. The van der Waals surface area contributed by atoms with Crippen molar-refractivity contribution < 1.29 is 9.72 Å². The molecule has 2 aromatic rings. The summed E-state index contributed by atoms with van der Waals surface area (Å²) in [5.74, 6) is 0.373. The minimum atomic E-state index is -0.496. The molecule has 26 heavy (non-hydrogen) atoms. The lowest BCUT2D eigenvalue weighted by molar-refractivity contribution is -0.384. The molecule has 1 aliphatic rings. The molecule has 0 aliphatic carbocycles. The summed E-state index contributed by atoms with van der Waals surface area (Å²) in [4.78, 5) is 28.9. The molecule has 0 spiro atoms. The van der Waals surface area contributed by atoms with Crippen molar-refractivity contribution in [2.75, 3.05) is 13.1 Å². The molecule has 3 rings (SSSR count). The zero-order chi connectivity index (χ0) is 18.7. The van der Waals surface area contributed by atoms with Gasteiger partial charge in [0.1, 0.15) is 0 Å². The first-order chi connectivity index (χ1) is 12.5. The Labute approximate surface area is 164 Å². The fourth-order valence-corrected chi connectivity index (χ4v) is 3.71. The number of rotatable bonds is 4. The second-order valence-electron chi connectivity index (χ2n) is 5.46. The quantitative estimate of drug-likeness (QED) is 0.543. The van der Waals surface area contributed by atoms with Crippen LogP contribution in [-0.2, 0) is 5.75 Å². The fourth-order valence-electron chi connectivity index (χ4n) is 2.40. The van der Waals surface area contributed by atoms with Crippen molar-refractivity contribution in [3.8, 4) is 0 Å². The first kappa shape index (κ1) is 18.7. The van der Waals surface area contributed by atoms with Crippen molar-refractivity contribution in [3.05, 3.63) is 73.8 Å². The predicted molar refractivity (Wildman–Crippen MR) is 104 cm³/mol. The molecule has 1 aliphatic heterocycles. The van der Waals surface area contributed by atoms with Crippen LogP contribution in [0.3, 0.4) is 0 Å². The lowest BCUT2D eigenvalue weighted by Gasteiger charge is -2.18. The van der Waals surface area contributed by atoms with Gasteiger partial charge in [0.2, 0.25) is 0 Å². The number of nitro groups is 1. The molecule has 0 radical (unpaired) electrons. The second-order valence-corrected chi connectivity index (χ2v) is 7.22. The average molecular weight is 410 g/mol. The highest BCUT2D eigenvalue weighted by Gasteiger charge is 2.25. The molecule has 0 fully saturated rings. The molecular weight excluding hydrogens is 397 g/mol. The minimum absolute atomic E-state index is 0.0501.